The van der Waals surface area contributed by atoms with Crippen LogP contribution >= 0.6 is 0 Å². The van der Waals surface area contributed by atoms with Gasteiger partial charge >= 0.3 is 5.69 Å². The van der Waals surface area contributed by atoms with Gasteiger partial charge < -0.3 is 16.0 Å². The van der Waals surface area contributed by atoms with Crippen molar-refractivity contribution in [2.75, 3.05) is 11.1 Å². The molecule has 0 radical (unpaired) electrons. The number of carbonyl (C=O) groups excluding carboxylic acids is 1. The van der Waals surface area contributed by atoms with Gasteiger partial charge in [-0.05, 0) is 12.1 Å². The molecule has 0 unspecified atom stereocenters. The number of amides is 1. The van der Waals surface area contributed by atoms with Crippen LogP contribution in [0.1, 0.15) is 10.4 Å². The van der Waals surface area contributed by atoms with Crippen LogP contribution in [0.3, 0.4) is 0 Å². The lowest BCUT2D eigenvalue weighted by atomic mass is 10.3. The van der Waals surface area contributed by atoms with Gasteiger partial charge in [0.2, 0.25) is 0 Å². The summed E-state index contributed by atoms with van der Waals surface area (Å²) in [6.45, 7) is 0. The van der Waals surface area contributed by atoms with Crippen LogP contribution in [0.15, 0.2) is 34.1 Å². The van der Waals surface area contributed by atoms with Crippen LogP contribution in [-0.4, -0.2) is 20.9 Å². The Kier molecular flexibility index (Phi) is 2.92. The minimum Gasteiger partial charge on any atom is -0.384 e. The van der Waals surface area contributed by atoms with Crippen molar-refractivity contribution >= 4 is 17.4 Å². The molecule has 0 aliphatic heterocycles. The molecule has 18 heavy (non-hydrogen) atoms. The summed E-state index contributed by atoms with van der Waals surface area (Å²) in [7, 11) is 0. The average Bonchev–Trinajstić information content (AvgIpc) is 2.32. The molecular formula is C10H9N5O3. The van der Waals surface area contributed by atoms with E-state index in [-0.39, 0.29) is 5.56 Å². The molecule has 0 aliphatic rings. The number of nitrogens with one attached hydrogen (secondary N) is 3. The number of rotatable bonds is 2. The van der Waals surface area contributed by atoms with E-state index in [0.29, 0.717) is 11.5 Å². The average molecular weight is 247 g/mol. The number of hydrogen-bond acceptors (Lipinski definition) is 5. The highest BCUT2D eigenvalue weighted by molar-refractivity contribution is 6.03. The van der Waals surface area contributed by atoms with Crippen molar-refractivity contribution in [2.45, 2.75) is 0 Å². The smallest absolute Gasteiger partial charge is 0.325 e. The van der Waals surface area contributed by atoms with E-state index in [2.05, 4.69) is 15.3 Å². The van der Waals surface area contributed by atoms with Gasteiger partial charge in [-0.25, -0.2) is 9.78 Å². The quantitative estimate of drug-likeness (QED) is 0.556. The molecule has 5 N–H and O–H groups in total. The number of aromatic amines is 2. The molecule has 2 rings (SSSR count). The minimum atomic E-state index is -0.764. The first-order valence-corrected chi connectivity index (χ1v) is 4.91. The van der Waals surface area contributed by atoms with Crippen molar-refractivity contribution in [3.8, 4) is 0 Å². The molecule has 2 aromatic heterocycles. The van der Waals surface area contributed by atoms with E-state index in [1.165, 1.54) is 12.3 Å². The van der Waals surface area contributed by atoms with Gasteiger partial charge in [0.05, 0.1) is 11.9 Å². The highest BCUT2D eigenvalue weighted by Crippen LogP contribution is 2.07. The molecule has 0 bridgehead atoms. The van der Waals surface area contributed by atoms with Crippen molar-refractivity contribution < 1.29 is 4.79 Å². The van der Waals surface area contributed by atoms with Crippen LogP contribution in [0.2, 0.25) is 0 Å². The number of aromatic nitrogens is 3. The molecule has 92 valence electrons. The second-order valence-electron chi connectivity index (χ2n) is 3.41. The van der Waals surface area contributed by atoms with Crippen LogP contribution in [0, 0.1) is 0 Å². The normalized spacial score (nSPS) is 10.0. The Morgan fingerprint density at radius 1 is 1.33 bits per heavy atom. The summed E-state index contributed by atoms with van der Waals surface area (Å²) in [6.07, 6.45) is 2.40. The second kappa shape index (κ2) is 4.53. The summed E-state index contributed by atoms with van der Waals surface area (Å²) in [6, 6.07) is 3.05. The van der Waals surface area contributed by atoms with E-state index in [0.717, 1.165) is 6.20 Å². The molecule has 2 heterocycles. The van der Waals surface area contributed by atoms with Crippen molar-refractivity contribution in [3.05, 3.63) is 50.9 Å². The summed E-state index contributed by atoms with van der Waals surface area (Å²) < 4.78 is 0. The van der Waals surface area contributed by atoms with E-state index in [1.807, 2.05) is 4.98 Å². The monoisotopic (exact) mass is 247 g/mol. The van der Waals surface area contributed by atoms with Gasteiger partial charge in [0.1, 0.15) is 11.4 Å². The summed E-state index contributed by atoms with van der Waals surface area (Å²) in [5.41, 5.74) is 4.14. The van der Waals surface area contributed by atoms with Gasteiger partial charge in [-0.2, -0.15) is 0 Å². The fraction of sp³-hybridized carbons (Fsp3) is 0. The van der Waals surface area contributed by atoms with Gasteiger partial charge in [-0.15, -0.1) is 0 Å². The van der Waals surface area contributed by atoms with E-state index < -0.39 is 17.2 Å². The fourth-order valence-corrected chi connectivity index (χ4v) is 1.26. The number of nitrogens with zero attached hydrogens (tertiary/aromatic N) is 1. The number of hydrogen-bond donors (Lipinski definition) is 4. The second-order valence-corrected chi connectivity index (χ2v) is 3.41. The first kappa shape index (κ1) is 11.6. The molecular weight excluding hydrogens is 238 g/mol. The maximum Gasteiger partial charge on any atom is 0.325 e. The summed E-state index contributed by atoms with van der Waals surface area (Å²) in [5, 5.41) is 2.45. The van der Waals surface area contributed by atoms with Gasteiger partial charge in [0.15, 0.2) is 0 Å². The van der Waals surface area contributed by atoms with E-state index >= 15 is 0 Å². The third kappa shape index (κ3) is 2.43. The van der Waals surface area contributed by atoms with Gasteiger partial charge in [-0.1, -0.05) is 0 Å². The van der Waals surface area contributed by atoms with E-state index in [1.54, 1.807) is 6.07 Å². The number of carbonyl (C=O) groups is 1. The first-order chi connectivity index (χ1) is 8.56. The van der Waals surface area contributed by atoms with Crippen molar-refractivity contribution in [3.63, 3.8) is 0 Å². The van der Waals surface area contributed by atoms with E-state index in [9.17, 15) is 14.4 Å². The number of nitrogen functional groups attached to an aromatic ring is 1. The minimum absolute atomic E-state index is 0.202. The third-order valence-corrected chi connectivity index (χ3v) is 2.11. The van der Waals surface area contributed by atoms with Crippen LogP contribution in [-0.2, 0) is 0 Å². The SMILES string of the molecule is Nc1ccc(NC(=O)c2c[nH]c(=O)[nH]c2=O)cn1. The predicted octanol–water partition coefficient (Wildman–Crippen LogP) is -0.707. The standard InChI is InChI=1S/C10H9N5O3/c11-7-2-1-5(3-12-7)14-8(16)6-4-13-10(18)15-9(6)17/h1-4H,(H2,11,12)(H,14,16)(H2,13,15,17,18). The highest BCUT2D eigenvalue weighted by Gasteiger charge is 2.11. The molecule has 8 nitrogen and oxygen atoms in total. The lowest BCUT2D eigenvalue weighted by Gasteiger charge is -2.03. The van der Waals surface area contributed by atoms with Crippen LogP contribution in [0.4, 0.5) is 11.5 Å². The molecule has 0 atom stereocenters. The molecule has 0 saturated heterocycles. The summed E-state index contributed by atoms with van der Waals surface area (Å²) >= 11 is 0. The maximum absolute atomic E-state index is 11.7. The predicted molar refractivity (Wildman–Crippen MR) is 64.3 cm³/mol. The van der Waals surface area contributed by atoms with Crippen molar-refractivity contribution in [1.29, 1.82) is 0 Å². The zero-order chi connectivity index (χ0) is 13.1. The summed E-state index contributed by atoms with van der Waals surface area (Å²) in [5.74, 6) is -0.339. The van der Waals surface area contributed by atoms with Crippen molar-refractivity contribution in [1.82, 2.24) is 15.0 Å². The topological polar surface area (TPSA) is 134 Å². The molecule has 1 amide bonds. The number of nitrogens with two attached hydrogens (primary N) is 1. The van der Waals surface area contributed by atoms with Crippen molar-refractivity contribution in [2.24, 2.45) is 0 Å². The number of anilines is 2. The Balaban J connectivity index is 2.24. The maximum atomic E-state index is 11.7. The number of H-pyrrole nitrogens is 2. The first-order valence-electron chi connectivity index (χ1n) is 4.91. The summed E-state index contributed by atoms with van der Waals surface area (Å²) in [4.78, 5) is 41.8. The Labute approximate surface area is 99.9 Å². The molecule has 0 aromatic carbocycles. The molecule has 0 aliphatic carbocycles. The van der Waals surface area contributed by atoms with Crippen LogP contribution in [0.25, 0.3) is 0 Å². The molecule has 2 aromatic rings. The van der Waals surface area contributed by atoms with Crippen LogP contribution < -0.4 is 22.3 Å². The third-order valence-electron chi connectivity index (χ3n) is 2.11. The molecule has 8 heteroatoms. The zero-order valence-corrected chi connectivity index (χ0v) is 9.06. The molecule has 0 spiro atoms. The lowest BCUT2D eigenvalue weighted by Crippen LogP contribution is -2.29. The zero-order valence-electron chi connectivity index (χ0n) is 9.06. The largest absolute Gasteiger partial charge is 0.384 e. The Hall–Kier alpha value is -2.90. The van der Waals surface area contributed by atoms with Gasteiger partial charge in [0, 0.05) is 6.20 Å². The van der Waals surface area contributed by atoms with Gasteiger partial charge in [-0.3, -0.25) is 14.6 Å². The lowest BCUT2D eigenvalue weighted by molar-refractivity contribution is 0.102. The number of pyridine rings is 1. The molecule has 0 saturated carbocycles. The highest BCUT2D eigenvalue weighted by atomic mass is 16.2. The Morgan fingerprint density at radius 2 is 2.11 bits per heavy atom. The van der Waals surface area contributed by atoms with E-state index in [4.69, 9.17) is 5.73 Å². The van der Waals surface area contributed by atoms with Gasteiger partial charge in [0.25, 0.3) is 11.5 Å². The molecule has 0 fully saturated rings. The fourth-order valence-electron chi connectivity index (χ4n) is 1.26. The Morgan fingerprint density at radius 3 is 2.72 bits per heavy atom. The van der Waals surface area contributed by atoms with Crippen LogP contribution in [0.5, 0.6) is 0 Å². The Bertz CT molecular complexity index is 686.